The fourth-order valence-electron chi connectivity index (χ4n) is 4.19. The van der Waals surface area contributed by atoms with E-state index in [4.69, 9.17) is 0 Å². The van der Waals surface area contributed by atoms with Crippen molar-refractivity contribution >= 4 is 5.78 Å². The summed E-state index contributed by atoms with van der Waals surface area (Å²) in [5.74, 6) is 1.97. The molecular weight excluding hydrogens is 246 g/mol. The maximum atomic E-state index is 12.4. The number of aryl methyl sites for hydroxylation is 1. The molecule has 1 fully saturated rings. The molecular formula is C18H27NO. The second kappa shape index (κ2) is 4.75. The number of Topliss-reactive ketones (excluding diaryl/α,β-unsaturated/α-hetero) is 1. The van der Waals surface area contributed by atoms with Crippen LogP contribution in [0.1, 0.15) is 68.2 Å². The molecule has 0 spiro atoms. The lowest BCUT2D eigenvalue weighted by molar-refractivity contribution is 0.0909. The van der Waals surface area contributed by atoms with E-state index in [1.54, 1.807) is 0 Å². The third-order valence-electron chi connectivity index (χ3n) is 5.46. The topological polar surface area (TPSA) is 22.0 Å². The van der Waals surface area contributed by atoms with Gasteiger partial charge in [0.25, 0.3) is 0 Å². The van der Waals surface area contributed by atoms with E-state index >= 15 is 0 Å². The summed E-state index contributed by atoms with van der Waals surface area (Å²) in [6.45, 7) is 10.1. The number of hydrogen-bond acceptors (Lipinski definition) is 1. The van der Waals surface area contributed by atoms with Crippen LogP contribution in [0.3, 0.4) is 0 Å². The normalized spacial score (nSPS) is 28.7. The highest BCUT2D eigenvalue weighted by Gasteiger charge is 2.34. The van der Waals surface area contributed by atoms with Gasteiger partial charge in [-0.3, -0.25) is 4.79 Å². The molecule has 0 N–H and O–H groups in total. The van der Waals surface area contributed by atoms with E-state index < -0.39 is 0 Å². The van der Waals surface area contributed by atoms with Crippen LogP contribution in [0.25, 0.3) is 0 Å². The fourth-order valence-corrected chi connectivity index (χ4v) is 4.19. The summed E-state index contributed by atoms with van der Waals surface area (Å²) in [4.78, 5) is 12.4. The number of carbonyl (C=O) groups excluding carboxylic acids is 1. The highest BCUT2D eigenvalue weighted by atomic mass is 16.1. The Hall–Kier alpha value is -1.05. The molecule has 2 aliphatic rings. The van der Waals surface area contributed by atoms with Crippen LogP contribution in [-0.2, 0) is 13.0 Å². The molecule has 110 valence electrons. The molecule has 20 heavy (non-hydrogen) atoms. The van der Waals surface area contributed by atoms with Gasteiger partial charge in [-0.2, -0.15) is 0 Å². The number of nitrogens with zero attached hydrogens (tertiary/aromatic N) is 1. The minimum atomic E-state index is 0.119. The van der Waals surface area contributed by atoms with E-state index in [1.807, 2.05) is 0 Å². The van der Waals surface area contributed by atoms with Gasteiger partial charge in [0.15, 0.2) is 5.78 Å². The molecule has 0 amide bonds. The Morgan fingerprint density at radius 2 is 2.05 bits per heavy atom. The number of rotatable bonds is 2. The monoisotopic (exact) mass is 273 g/mol. The standard InChI is InChI=1S/C18H27NO/c1-12-6-5-7-14(12)11-19-13(2)8-15-16(19)9-18(3,4)10-17(15)20/h8,12,14H,5-7,9-11H2,1-4H3. The molecule has 2 aliphatic carbocycles. The van der Waals surface area contributed by atoms with Crippen LogP contribution in [0.2, 0.25) is 0 Å². The first-order valence-corrected chi connectivity index (χ1v) is 8.09. The minimum absolute atomic E-state index is 0.119. The molecule has 3 rings (SSSR count). The van der Waals surface area contributed by atoms with Gasteiger partial charge in [0.2, 0.25) is 0 Å². The molecule has 2 unspecified atom stereocenters. The number of carbonyl (C=O) groups is 1. The molecule has 1 aromatic heterocycles. The smallest absolute Gasteiger partial charge is 0.165 e. The second-order valence-corrected chi connectivity index (χ2v) is 7.87. The molecule has 2 atom stereocenters. The van der Waals surface area contributed by atoms with E-state index in [-0.39, 0.29) is 5.41 Å². The van der Waals surface area contributed by atoms with Crippen LogP contribution in [0.5, 0.6) is 0 Å². The number of aromatic nitrogens is 1. The lowest BCUT2D eigenvalue weighted by Gasteiger charge is -2.30. The van der Waals surface area contributed by atoms with Crippen molar-refractivity contribution in [2.24, 2.45) is 17.3 Å². The molecule has 0 radical (unpaired) electrons. The van der Waals surface area contributed by atoms with E-state index in [0.717, 1.165) is 30.4 Å². The first kappa shape index (κ1) is 13.9. The summed E-state index contributed by atoms with van der Waals surface area (Å²) in [6, 6.07) is 2.13. The Morgan fingerprint density at radius 3 is 2.70 bits per heavy atom. The van der Waals surface area contributed by atoms with Crippen molar-refractivity contribution in [2.45, 2.75) is 66.3 Å². The third kappa shape index (κ3) is 2.34. The zero-order chi connectivity index (χ0) is 14.5. The maximum absolute atomic E-state index is 12.4. The van der Waals surface area contributed by atoms with Crippen LogP contribution in [0, 0.1) is 24.2 Å². The van der Waals surface area contributed by atoms with Crippen LogP contribution in [0.15, 0.2) is 6.07 Å². The first-order chi connectivity index (χ1) is 9.37. The summed E-state index contributed by atoms with van der Waals surface area (Å²) in [5.41, 5.74) is 3.71. The van der Waals surface area contributed by atoms with Gasteiger partial charge in [0.05, 0.1) is 0 Å². The van der Waals surface area contributed by atoms with Gasteiger partial charge in [-0.1, -0.05) is 33.6 Å². The van der Waals surface area contributed by atoms with Gasteiger partial charge in [-0.15, -0.1) is 0 Å². The average molecular weight is 273 g/mol. The number of hydrogen-bond donors (Lipinski definition) is 0. The molecule has 1 heterocycles. The van der Waals surface area contributed by atoms with Crippen molar-refractivity contribution in [1.82, 2.24) is 4.57 Å². The number of ketones is 1. The summed E-state index contributed by atoms with van der Waals surface area (Å²) in [5, 5.41) is 0. The Balaban J connectivity index is 1.94. The lowest BCUT2D eigenvalue weighted by atomic mass is 9.76. The summed E-state index contributed by atoms with van der Waals surface area (Å²) in [7, 11) is 0. The summed E-state index contributed by atoms with van der Waals surface area (Å²) in [6.07, 6.45) is 5.84. The molecule has 1 aromatic rings. The van der Waals surface area contributed by atoms with Gasteiger partial charge in [0, 0.05) is 29.9 Å². The van der Waals surface area contributed by atoms with Gasteiger partial charge < -0.3 is 4.57 Å². The third-order valence-corrected chi connectivity index (χ3v) is 5.46. The van der Waals surface area contributed by atoms with Crippen molar-refractivity contribution in [3.8, 4) is 0 Å². The van der Waals surface area contributed by atoms with Crippen molar-refractivity contribution < 1.29 is 4.79 Å². The lowest BCUT2D eigenvalue weighted by Crippen LogP contribution is -2.29. The van der Waals surface area contributed by atoms with E-state index in [1.165, 1.54) is 30.7 Å². The van der Waals surface area contributed by atoms with Crippen LogP contribution < -0.4 is 0 Å². The molecule has 0 aliphatic heterocycles. The van der Waals surface area contributed by atoms with Gasteiger partial charge in [-0.25, -0.2) is 0 Å². The van der Waals surface area contributed by atoms with E-state index in [2.05, 4.69) is 38.3 Å². The maximum Gasteiger partial charge on any atom is 0.165 e. The predicted molar refractivity (Wildman–Crippen MR) is 82.1 cm³/mol. The van der Waals surface area contributed by atoms with Gasteiger partial charge in [0.1, 0.15) is 0 Å². The molecule has 2 heteroatoms. The van der Waals surface area contributed by atoms with E-state index in [0.29, 0.717) is 12.2 Å². The fraction of sp³-hybridized carbons (Fsp3) is 0.722. The quantitative estimate of drug-likeness (QED) is 0.783. The highest BCUT2D eigenvalue weighted by molar-refractivity contribution is 5.99. The second-order valence-electron chi connectivity index (χ2n) is 7.87. The van der Waals surface area contributed by atoms with Crippen molar-refractivity contribution in [3.05, 3.63) is 23.0 Å². The number of fused-ring (bicyclic) bond motifs is 1. The average Bonchev–Trinajstić information content (AvgIpc) is 2.86. The Labute approximate surface area is 122 Å². The zero-order valence-electron chi connectivity index (χ0n) is 13.3. The van der Waals surface area contributed by atoms with Crippen molar-refractivity contribution in [1.29, 1.82) is 0 Å². The van der Waals surface area contributed by atoms with Gasteiger partial charge in [-0.05, 0) is 43.1 Å². The highest BCUT2D eigenvalue weighted by Crippen LogP contribution is 2.38. The first-order valence-electron chi connectivity index (χ1n) is 8.09. The largest absolute Gasteiger partial charge is 0.348 e. The Bertz CT molecular complexity index is 538. The molecule has 0 bridgehead atoms. The van der Waals surface area contributed by atoms with Gasteiger partial charge >= 0.3 is 0 Å². The zero-order valence-corrected chi connectivity index (χ0v) is 13.3. The Kier molecular flexibility index (Phi) is 3.30. The van der Waals surface area contributed by atoms with Crippen LogP contribution >= 0.6 is 0 Å². The molecule has 1 saturated carbocycles. The predicted octanol–water partition coefficient (Wildman–Crippen LogP) is 4.39. The molecule has 0 aromatic carbocycles. The summed E-state index contributed by atoms with van der Waals surface area (Å²) >= 11 is 0. The molecule has 2 nitrogen and oxygen atoms in total. The van der Waals surface area contributed by atoms with Crippen LogP contribution in [-0.4, -0.2) is 10.4 Å². The molecule has 0 saturated heterocycles. The van der Waals surface area contributed by atoms with E-state index in [9.17, 15) is 4.79 Å². The van der Waals surface area contributed by atoms with Crippen LogP contribution in [0.4, 0.5) is 0 Å². The SMILES string of the molecule is Cc1cc2c(n1CC1CCCC1C)CC(C)(C)CC2=O. The Morgan fingerprint density at radius 1 is 1.30 bits per heavy atom. The van der Waals surface area contributed by atoms with Crippen molar-refractivity contribution in [2.75, 3.05) is 0 Å². The minimum Gasteiger partial charge on any atom is -0.348 e. The summed E-state index contributed by atoms with van der Waals surface area (Å²) < 4.78 is 2.46. The van der Waals surface area contributed by atoms with Crippen molar-refractivity contribution in [3.63, 3.8) is 0 Å².